The molecular weight excluding hydrogens is 398 g/mol. The van der Waals surface area contributed by atoms with E-state index in [2.05, 4.69) is 9.47 Å². The first-order chi connectivity index (χ1) is 13.0. The average Bonchev–Trinajstić information content (AvgIpc) is 2.53. The minimum Gasteiger partial charge on any atom is -0.409 e. The van der Waals surface area contributed by atoms with E-state index in [0.29, 0.717) is 12.1 Å². The summed E-state index contributed by atoms with van der Waals surface area (Å²) in [5.41, 5.74) is -2.50. The molecule has 0 fully saturated rings. The molecule has 148 valence electrons. The summed E-state index contributed by atoms with van der Waals surface area (Å²) in [5.74, 6) is -4.78. The Balaban J connectivity index is 1.76. The highest BCUT2D eigenvalue weighted by Gasteiger charge is 2.54. The van der Waals surface area contributed by atoms with Crippen LogP contribution in [0.3, 0.4) is 0 Å². The molecule has 0 aromatic heterocycles. The van der Waals surface area contributed by atoms with Crippen LogP contribution < -0.4 is 15.4 Å². The third-order valence-electron chi connectivity index (χ3n) is 3.44. The van der Waals surface area contributed by atoms with E-state index >= 15 is 0 Å². The molecule has 2 aromatic rings. The Morgan fingerprint density at radius 1 is 0.964 bits per heavy atom. The molecule has 2 aromatic carbocycles. The molecule has 2 N–H and O–H groups in total. The summed E-state index contributed by atoms with van der Waals surface area (Å²) < 4.78 is 87.5. The number of alkyl halides is 4. The second kappa shape index (κ2) is 6.71. The number of hydrogen-bond acceptors (Lipinski definition) is 4. The summed E-state index contributed by atoms with van der Waals surface area (Å²) in [6.07, 6.45) is -8.99. The molecule has 28 heavy (non-hydrogen) atoms. The van der Waals surface area contributed by atoms with E-state index < -0.39 is 52.9 Å². The molecule has 0 atom stereocenters. The summed E-state index contributed by atoms with van der Waals surface area (Å²) in [5, 5.41) is 3.54. The Morgan fingerprint density at radius 3 is 2.25 bits per heavy atom. The van der Waals surface area contributed by atoms with Crippen molar-refractivity contribution in [1.29, 1.82) is 0 Å². The quantitative estimate of drug-likeness (QED) is 0.741. The Hall–Kier alpha value is -3.28. The second-order valence-electron chi connectivity index (χ2n) is 5.40. The third kappa shape index (κ3) is 3.86. The fourth-order valence-corrected chi connectivity index (χ4v) is 2.32. The zero-order valence-electron chi connectivity index (χ0n) is 13.4. The largest absolute Gasteiger partial charge is 0.540 e. The lowest BCUT2D eigenvalue weighted by Crippen LogP contribution is -2.41. The Kier molecular flexibility index (Phi) is 4.67. The number of rotatable bonds is 2. The van der Waals surface area contributed by atoms with Crippen molar-refractivity contribution in [2.75, 3.05) is 5.32 Å². The van der Waals surface area contributed by atoms with Gasteiger partial charge in [0.1, 0.15) is 22.9 Å². The lowest BCUT2D eigenvalue weighted by atomic mass is 10.1. The highest BCUT2D eigenvalue weighted by molar-refractivity contribution is 6.08. The summed E-state index contributed by atoms with van der Waals surface area (Å²) in [6.45, 7) is 0. The molecular formula is C16H8F6N2O4. The van der Waals surface area contributed by atoms with Crippen LogP contribution in [0.15, 0.2) is 36.4 Å². The minimum atomic E-state index is -4.56. The van der Waals surface area contributed by atoms with Crippen LogP contribution >= 0.6 is 0 Å². The van der Waals surface area contributed by atoms with Gasteiger partial charge in [-0.25, -0.2) is 18.3 Å². The van der Waals surface area contributed by atoms with Crippen LogP contribution in [-0.4, -0.2) is 18.2 Å². The van der Waals surface area contributed by atoms with Gasteiger partial charge in [0.15, 0.2) is 0 Å². The topological polar surface area (TPSA) is 76.7 Å². The SMILES string of the molecule is O=C(NC(=O)c1c(F)cccc1F)Nc1ccc2c(c1)C(F)(F)OC(F)(F)O2. The predicted molar refractivity (Wildman–Crippen MR) is 79.8 cm³/mol. The number of imide groups is 1. The standard InChI is InChI=1S/C16H8F6N2O4/c17-9-2-1-3-10(18)12(9)13(25)24-14(26)23-7-4-5-11-8(6-7)15(19,20)28-16(21,22)27-11/h1-6H,(H2,23,24,25,26). The molecule has 0 aliphatic carbocycles. The summed E-state index contributed by atoms with van der Waals surface area (Å²) in [7, 11) is 0. The van der Waals surface area contributed by atoms with Gasteiger partial charge in [-0.15, -0.1) is 8.78 Å². The van der Waals surface area contributed by atoms with Crippen molar-refractivity contribution >= 4 is 17.6 Å². The highest BCUT2D eigenvalue weighted by Crippen LogP contribution is 2.46. The number of carbonyl (C=O) groups is 2. The fraction of sp³-hybridized carbons (Fsp3) is 0.125. The van der Waals surface area contributed by atoms with E-state index in [9.17, 15) is 35.9 Å². The van der Waals surface area contributed by atoms with Gasteiger partial charge in [-0.2, -0.15) is 8.78 Å². The Labute approximate surface area is 152 Å². The van der Waals surface area contributed by atoms with Gasteiger partial charge in [0.2, 0.25) is 0 Å². The number of carbonyl (C=O) groups excluding carboxylic acids is 2. The Morgan fingerprint density at radius 2 is 1.61 bits per heavy atom. The van der Waals surface area contributed by atoms with Gasteiger partial charge in [0.25, 0.3) is 5.91 Å². The summed E-state index contributed by atoms with van der Waals surface area (Å²) in [4.78, 5) is 23.6. The predicted octanol–water partition coefficient (Wildman–Crippen LogP) is 3.94. The van der Waals surface area contributed by atoms with Crippen molar-refractivity contribution in [3.05, 3.63) is 59.2 Å². The van der Waals surface area contributed by atoms with E-state index in [-0.39, 0.29) is 5.69 Å². The van der Waals surface area contributed by atoms with Gasteiger partial charge in [0.05, 0.1) is 5.56 Å². The number of amides is 3. The van der Waals surface area contributed by atoms with Gasteiger partial charge in [-0.05, 0) is 30.3 Å². The molecule has 12 heteroatoms. The van der Waals surface area contributed by atoms with E-state index in [1.807, 2.05) is 5.32 Å². The highest BCUT2D eigenvalue weighted by atomic mass is 19.3. The molecule has 0 saturated carbocycles. The van der Waals surface area contributed by atoms with Gasteiger partial charge in [-0.1, -0.05) is 6.07 Å². The van der Waals surface area contributed by atoms with E-state index in [0.717, 1.165) is 24.3 Å². The normalized spacial score (nSPS) is 16.5. The van der Waals surface area contributed by atoms with Crippen molar-refractivity contribution in [3.8, 4) is 5.75 Å². The van der Waals surface area contributed by atoms with Gasteiger partial charge in [-0.3, -0.25) is 10.1 Å². The van der Waals surface area contributed by atoms with Crippen LogP contribution in [0.4, 0.5) is 36.8 Å². The van der Waals surface area contributed by atoms with Crippen molar-refractivity contribution < 1.29 is 45.4 Å². The van der Waals surface area contributed by atoms with Crippen molar-refractivity contribution in [2.45, 2.75) is 12.4 Å². The number of ether oxygens (including phenoxy) is 2. The van der Waals surface area contributed by atoms with Crippen LogP contribution in [-0.2, 0) is 10.8 Å². The maximum Gasteiger partial charge on any atom is 0.540 e. The number of halogens is 6. The lowest BCUT2D eigenvalue weighted by Gasteiger charge is -2.30. The number of benzene rings is 2. The summed E-state index contributed by atoms with van der Waals surface area (Å²) >= 11 is 0. The monoisotopic (exact) mass is 406 g/mol. The third-order valence-corrected chi connectivity index (χ3v) is 3.44. The van der Waals surface area contributed by atoms with Gasteiger partial charge < -0.3 is 10.1 Å². The number of fused-ring (bicyclic) bond motifs is 1. The number of nitrogens with one attached hydrogen (secondary N) is 2. The zero-order chi connectivity index (χ0) is 20.7. The first-order valence-electron chi connectivity index (χ1n) is 7.34. The molecule has 0 saturated heterocycles. The first-order valence-corrected chi connectivity index (χ1v) is 7.34. The molecule has 3 rings (SSSR count). The molecule has 0 unspecified atom stereocenters. The van der Waals surface area contributed by atoms with E-state index in [1.54, 1.807) is 5.32 Å². The van der Waals surface area contributed by atoms with Crippen LogP contribution in [0.5, 0.6) is 5.75 Å². The molecule has 3 amide bonds. The van der Waals surface area contributed by atoms with Crippen molar-refractivity contribution in [2.24, 2.45) is 0 Å². The van der Waals surface area contributed by atoms with Gasteiger partial charge >= 0.3 is 18.4 Å². The van der Waals surface area contributed by atoms with Crippen LogP contribution in [0, 0.1) is 11.6 Å². The number of hydrogen-bond donors (Lipinski definition) is 2. The lowest BCUT2D eigenvalue weighted by molar-refractivity contribution is -0.461. The van der Waals surface area contributed by atoms with Crippen LogP contribution in [0.1, 0.15) is 15.9 Å². The zero-order valence-corrected chi connectivity index (χ0v) is 13.4. The first kappa shape index (κ1) is 19.5. The van der Waals surface area contributed by atoms with E-state index in [1.165, 1.54) is 0 Å². The number of urea groups is 1. The molecule has 1 aliphatic rings. The van der Waals surface area contributed by atoms with Crippen molar-refractivity contribution in [1.82, 2.24) is 5.32 Å². The minimum absolute atomic E-state index is 0.366. The molecule has 0 bridgehead atoms. The maximum atomic E-state index is 13.7. The second-order valence-corrected chi connectivity index (χ2v) is 5.40. The van der Waals surface area contributed by atoms with Crippen molar-refractivity contribution in [3.63, 3.8) is 0 Å². The fourth-order valence-electron chi connectivity index (χ4n) is 2.32. The molecule has 0 radical (unpaired) electrons. The van der Waals surface area contributed by atoms with Gasteiger partial charge in [0, 0.05) is 5.69 Å². The Bertz CT molecular complexity index is 946. The smallest absolute Gasteiger partial charge is 0.409 e. The maximum absolute atomic E-state index is 13.7. The van der Waals surface area contributed by atoms with Crippen LogP contribution in [0.2, 0.25) is 0 Å². The van der Waals surface area contributed by atoms with Crippen LogP contribution in [0.25, 0.3) is 0 Å². The molecule has 1 aliphatic heterocycles. The van der Waals surface area contributed by atoms with E-state index in [4.69, 9.17) is 0 Å². The molecule has 0 spiro atoms. The average molecular weight is 406 g/mol. The molecule has 6 nitrogen and oxygen atoms in total. The number of anilines is 1. The summed E-state index contributed by atoms with van der Waals surface area (Å²) in [6, 6.07) is 3.46. The molecule has 1 heterocycles.